The van der Waals surface area contributed by atoms with Gasteiger partial charge in [0.05, 0.1) is 0 Å². The van der Waals surface area contributed by atoms with E-state index < -0.39 is 48.4 Å². The third-order valence-electron chi connectivity index (χ3n) is 6.64. The fourth-order valence-corrected chi connectivity index (χ4v) is 93.1. The summed E-state index contributed by atoms with van der Waals surface area (Å²) in [6.07, 6.45) is 0. The number of alkyl halides is 2. The van der Waals surface area contributed by atoms with Crippen molar-refractivity contribution >= 4 is 69.6 Å². The summed E-state index contributed by atoms with van der Waals surface area (Å²) >= 11 is -0.112. The normalized spacial score (nSPS) is 16.8. The Hall–Kier alpha value is 2.03. The summed E-state index contributed by atoms with van der Waals surface area (Å²) in [6, 6.07) is 0. The predicted molar refractivity (Wildman–Crippen MR) is 161 cm³/mol. The number of hydrogen-bond donors (Lipinski definition) is 0. The molecular formula is C20H55ISi6. The van der Waals surface area contributed by atoms with Crippen molar-refractivity contribution < 1.29 is 0 Å². The molecule has 166 valence electrons. The average Bonchev–Trinajstić information content (AvgIpc) is 2.16. The summed E-state index contributed by atoms with van der Waals surface area (Å²) in [5, 5.41) is 0. The molecule has 0 aromatic carbocycles. The van der Waals surface area contributed by atoms with E-state index in [-0.39, 0.29) is 21.2 Å². The van der Waals surface area contributed by atoms with Crippen LogP contribution in [-0.2, 0) is 0 Å². The van der Waals surface area contributed by atoms with Crippen molar-refractivity contribution in [3.05, 3.63) is 0 Å². The van der Waals surface area contributed by atoms with Crippen molar-refractivity contribution in [1.29, 1.82) is 0 Å². The van der Waals surface area contributed by atoms with Crippen molar-refractivity contribution in [3.63, 3.8) is 0 Å². The van der Waals surface area contributed by atoms with Crippen LogP contribution in [0.5, 0.6) is 0 Å². The first-order valence-electron chi connectivity index (χ1n) is 10.9. The van der Waals surface area contributed by atoms with Crippen molar-refractivity contribution in [1.82, 2.24) is 0 Å². The zero-order valence-corrected chi connectivity index (χ0v) is 30.7. The van der Waals surface area contributed by atoms with Gasteiger partial charge in [0.1, 0.15) is 0 Å². The Labute approximate surface area is 190 Å². The van der Waals surface area contributed by atoms with Gasteiger partial charge in [0, 0.05) is 0 Å². The van der Waals surface area contributed by atoms with E-state index in [2.05, 4.69) is 118 Å². The molecule has 27 heavy (non-hydrogen) atoms. The number of hydrogen-bond acceptors (Lipinski definition) is 0. The van der Waals surface area contributed by atoms with Crippen LogP contribution in [0.4, 0.5) is 0 Å². The van der Waals surface area contributed by atoms with Gasteiger partial charge >= 0.3 is 192 Å². The summed E-state index contributed by atoms with van der Waals surface area (Å²) in [7, 11) is -7.84. The Kier molecular flexibility index (Phi) is 8.46. The van der Waals surface area contributed by atoms with Gasteiger partial charge in [-0.3, -0.25) is 0 Å². The molecule has 0 aliphatic carbocycles. The van der Waals surface area contributed by atoms with Gasteiger partial charge in [-0.15, -0.1) is 0 Å². The van der Waals surface area contributed by atoms with E-state index in [9.17, 15) is 0 Å². The van der Waals surface area contributed by atoms with Gasteiger partial charge in [0.15, 0.2) is 0 Å². The molecule has 0 spiro atoms. The summed E-state index contributed by atoms with van der Waals surface area (Å²) in [4.78, 5) is 0. The van der Waals surface area contributed by atoms with E-state index in [1.807, 2.05) is 0 Å². The van der Waals surface area contributed by atoms with E-state index >= 15 is 0 Å². The molecule has 0 bridgehead atoms. The van der Waals surface area contributed by atoms with E-state index in [1.165, 1.54) is 0 Å². The van der Waals surface area contributed by atoms with Crippen LogP contribution in [0.2, 0.25) is 118 Å². The molecule has 0 amide bonds. The molecule has 0 unspecified atom stereocenters. The van der Waals surface area contributed by atoms with Gasteiger partial charge < -0.3 is 0 Å². The molecule has 0 aromatic rings. The quantitative estimate of drug-likeness (QED) is 0.151. The van der Waals surface area contributed by atoms with Gasteiger partial charge in [0.2, 0.25) is 0 Å². The molecule has 0 saturated heterocycles. The molecule has 0 rings (SSSR count). The molecule has 0 saturated carbocycles. The first-order valence-corrected chi connectivity index (χ1v) is 34.2. The van der Waals surface area contributed by atoms with E-state index in [0.29, 0.717) is 0 Å². The molecule has 0 aliphatic heterocycles. The fourth-order valence-electron chi connectivity index (χ4n) is 7.90. The number of halogens is 1. The summed E-state index contributed by atoms with van der Waals surface area (Å²) in [5.41, 5.74) is 0. The van der Waals surface area contributed by atoms with Crippen LogP contribution in [0, 0.1) is 0 Å². The Bertz CT molecular complexity index is 396. The SMILES string of the molecule is C[Si](C)(C)C([IH]C([Si](C)(C)C)([Si](C)(C)C)[Si](C)(C)C)([Si](C)(C)C)[Si](C)(C)C. The second kappa shape index (κ2) is 7.87. The third-order valence-corrected chi connectivity index (χ3v) is 83.6. The minimum atomic E-state index is -1.31. The summed E-state index contributed by atoms with van der Waals surface area (Å²) in [6.45, 7) is 50.0. The first kappa shape index (κ1) is 29.0. The Balaban J connectivity index is 7.45. The summed E-state index contributed by atoms with van der Waals surface area (Å²) < 4.78 is 1.64. The van der Waals surface area contributed by atoms with E-state index in [4.69, 9.17) is 0 Å². The first-order chi connectivity index (χ1) is 11.2. The van der Waals surface area contributed by atoms with Gasteiger partial charge in [-0.1, -0.05) is 0 Å². The molecule has 0 fully saturated rings. The zero-order chi connectivity index (χ0) is 22.7. The predicted octanol–water partition coefficient (Wildman–Crippen LogP) is 8.43. The molecule has 0 heterocycles. The van der Waals surface area contributed by atoms with E-state index in [0.717, 1.165) is 4.58 Å². The monoisotopic (exact) mass is 590 g/mol. The summed E-state index contributed by atoms with van der Waals surface area (Å²) in [5.74, 6) is 0. The Morgan fingerprint density at radius 2 is 0.407 bits per heavy atom. The second-order valence-electron chi connectivity index (χ2n) is 15.0. The molecule has 7 heteroatoms. The maximum atomic E-state index is 2.78. The van der Waals surface area contributed by atoms with Crippen LogP contribution in [0.25, 0.3) is 0 Å². The van der Waals surface area contributed by atoms with Crippen molar-refractivity contribution in [2.45, 2.75) is 122 Å². The molecular weight excluding hydrogens is 536 g/mol. The van der Waals surface area contributed by atoms with Gasteiger partial charge in [-0.25, -0.2) is 0 Å². The van der Waals surface area contributed by atoms with E-state index in [1.54, 1.807) is 0 Å². The van der Waals surface area contributed by atoms with Crippen LogP contribution >= 0.6 is 21.2 Å². The van der Waals surface area contributed by atoms with Crippen molar-refractivity contribution in [2.75, 3.05) is 0 Å². The van der Waals surface area contributed by atoms with Crippen LogP contribution in [0.15, 0.2) is 0 Å². The maximum absolute atomic E-state index is 2.78. The fraction of sp³-hybridized carbons (Fsp3) is 1.00. The zero-order valence-electron chi connectivity index (χ0n) is 22.4. The molecule has 0 aliphatic rings. The van der Waals surface area contributed by atoms with Gasteiger partial charge in [-0.05, 0) is 0 Å². The molecule has 0 nitrogen and oxygen atoms in total. The van der Waals surface area contributed by atoms with Crippen LogP contribution in [-0.4, -0.2) is 53.0 Å². The van der Waals surface area contributed by atoms with Crippen molar-refractivity contribution in [2.24, 2.45) is 0 Å². The molecule has 0 atom stereocenters. The molecule has 0 N–H and O–H groups in total. The Morgan fingerprint density at radius 1 is 0.296 bits per heavy atom. The van der Waals surface area contributed by atoms with Gasteiger partial charge in [-0.2, -0.15) is 0 Å². The number of rotatable bonds is 8. The second-order valence-corrected chi connectivity index (χ2v) is 60.3. The third kappa shape index (κ3) is 4.94. The average molecular weight is 591 g/mol. The minimum absolute atomic E-state index is 0.112. The Morgan fingerprint density at radius 3 is 0.481 bits per heavy atom. The van der Waals surface area contributed by atoms with Crippen molar-refractivity contribution in [3.8, 4) is 0 Å². The standard InChI is InChI=1S/C20H55ISi6/c1-22(2,3)19(23(4,5)6,24(7,8)9)21-20(25(10,11)12,26(13,14)15)27(16,17)18/h21H,1-18H3. The van der Waals surface area contributed by atoms with Crippen LogP contribution < -0.4 is 0 Å². The molecule has 0 aromatic heterocycles. The van der Waals surface area contributed by atoms with Crippen LogP contribution in [0.1, 0.15) is 0 Å². The topological polar surface area (TPSA) is 0 Å². The molecule has 0 radical (unpaired) electrons. The van der Waals surface area contributed by atoms with Crippen LogP contribution in [0.3, 0.4) is 0 Å². The van der Waals surface area contributed by atoms with Gasteiger partial charge in [0.25, 0.3) is 0 Å².